The van der Waals surface area contributed by atoms with Crippen LogP contribution in [0.25, 0.3) is 10.9 Å². The van der Waals surface area contributed by atoms with E-state index in [4.69, 9.17) is 9.97 Å². The number of hydrogen-bond donors (Lipinski definition) is 0. The Labute approximate surface area is 158 Å². The summed E-state index contributed by atoms with van der Waals surface area (Å²) in [5, 5.41) is 1.06. The van der Waals surface area contributed by atoms with Gasteiger partial charge in [-0.1, -0.05) is 0 Å². The van der Waals surface area contributed by atoms with Crippen LogP contribution in [0.2, 0.25) is 0 Å². The summed E-state index contributed by atoms with van der Waals surface area (Å²) in [5.41, 5.74) is 3.20. The number of pyridine rings is 1. The van der Waals surface area contributed by atoms with Crippen molar-refractivity contribution in [2.24, 2.45) is 0 Å². The number of fused-ring (bicyclic) bond motifs is 1. The van der Waals surface area contributed by atoms with Gasteiger partial charge in [0.1, 0.15) is 23.8 Å². The van der Waals surface area contributed by atoms with E-state index in [1.807, 2.05) is 6.07 Å². The second-order valence-electron chi connectivity index (χ2n) is 7.45. The van der Waals surface area contributed by atoms with Crippen LogP contribution in [-0.2, 0) is 0 Å². The van der Waals surface area contributed by atoms with Crippen LogP contribution in [0.15, 0.2) is 24.8 Å². The monoisotopic (exact) mass is 361 g/mol. The van der Waals surface area contributed by atoms with Gasteiger partial charge in [-0.25, -0.2) is 19.9 Å². The zero-order chi connectivity index (χ0) is 18.4. The molecule has 0 N–H and O–H groups in total. The highest BCUT2D eigenvalue weighted by Crippen LogP contribution is 2.39. The molecule has 1 aliphatic carbocycles. The van der Waals surface area contributed by atoms with Crippen LogP contribution in [0.3, 0.4) is 0 Å². The molecule has 2 fully saturated rings. The zero-order valence-electron chi connectivity index (χ0n) is 15.8. The van der Waals surface area contributed by atoms with Crippen molar-refractivity contribution in [3.63, 3.8) is 0 Å². The Morgan fingerprint density at radius 3 is 2.41 bits per heavy atom. The summed E-state index contributed by atoms with van der Waals surface area (Å²) >= 11 is 0. The Bertz CT molecular complexity index is 986. The molecule has 3 aromatic rings. The van der Waals surface area contributed by atoms with Crippen LogP contribution in [0.1, 0.15) is 35.8 Å². The largest absolute Gasteiger partial charge is 0.353 e. The number of piperazine rings is 1. The summed E-state index contributed by atoms with van der Waals surface area (Å²) in [6.45, 7) is 7.92. The van der Waals surface area contributed by atoms with Crippen molar-refractivity contribution >= 4 is 22.5 Å². The quantitative estimate of drug-likeness (QED) is 0.710. The lowest BCUT2D eigenvalue weighted by atomic mass is 10.2. The zero-order valence-corrected chi connectivity index (χ0v) is 15.8. The fraction of sp³-hybridized carbons (Fsp3) is 0.450. The summed E-state index contributed by atoms with van der Waals surface area (Å²) in [7, 11) is 0. The molecule has 5 rings (SSSR count). The predicted molar refractivity (Wildman–Crippen MR) is 105 cm³/mol. The summed E-state index contributed by atoms with van der Waals surface area (Å²) in [5.74, 6) is 3.72. The molecule has 7 nitrogen and oxygen atoms in total. The minimum atomic E-state index is 0.574. The molecule has 3 aromatic heterocycles. The van der Waals surface area contributed by atoms with E-state index < -0.39 is 0 Å². The topological polar surface area (TPSA) is 70.9 Å². The van der Waals surface area contributed by atoms with Crippen molar-refractivity contribution in [1.29, 1.82) is 0 Å². The minimum absolute atomic E-state index is 0.574. The van der Waals surface area contributed by atoms with Crippen molar-refractivity contribution < 1.29 is 0 Å². The van der Waals surface area contributed by atoms with E-state index in [1.165, 1.54) is 18.4 Å². The molecule has 1 saturated carbocycles. The predicted octanol–water partition coefficient (Wildman–Crippen LogP) is 2.64. The van der Waals surface area contributed by atoms with E-state index in [-0.39, 0.29) is 0 Å². The maximum atomic E-state index is 4.93. The van der Waals surface area contributed by atoms with Crippen molar-refractivity contribution in [3.05, 3.63) is 41.9 Å². The summed E-state index contributed by atoms with van der Waals surface area (Å²) in [4.78, 5) is 27.4. The smallest absolute Gasteiger partial charge is 0.140 e. The van der Waals surface area contributed by atoms with Crippen LogP contribution >= 0.6 is 0 Å². The molecule has 0 spiro atoms. The van der Waals surface area contributed by atoms with Gasteiger partial charge in [0.25, 0.3) is 0 Å². The van der Waals surface area contributed by atoms with E-state index in [2.05, 4.69) is 38.6 Å². The molecular formula is C20H23N7. The molecule has 0 unspecified atom stereocenters. The van der Waals surface area contributed by atoms with Crippen molar-refractivity contribution in [2.75, 3.05) is 36.0 Å². The molecule has 7 heteroatoms. The third kappa shape index (κ3) is 2.97. The third-order valence-electron chi connectivity index (χ3n) is 5.62. The molecule has 0 aromatic carbocycles. The van der Waals surface area contributed by atoms with Crippen LogP contribution in [-0.4, -0.2) is 51.1 Å². The van der Waals surface area contributed by atoms with Gasteiger partial charge < -0.3 is 9.80 Å². The standard InChI is InChI=1S/C20H23N7/c1-13-14(2)24-18(15-3-4-15)25-19(13)26-7-9-27(10-8-26)20-16-5-6-21-11-17(16)22-12-23-20/h5-6,11-12,15H,3-4,7-10H2,1-2H3. The molecule has 4 heterocycles. The number of nitrogens with zero attached hydrogens (tertiary/aromatic N) is 7. The fourth-order valence-corrected chi connectivity index (χ4v) is 3.74. The Morgan fingerprint density at radius 2 is 1.67 bits per heavy atom. The van der Waals surface area contributed by atoms with E-state index in [9.17, 15) is 0 Å². The Kier molecular flexibility index (Phi) is 3.88. The first-order valence-electron chi connectivity index (χ1n) is 9.60. The van der Waals surface area contributed by atoms with Crippen molar-refractivity contribution in [1.82, 2.24) is 24.9 Å². The highest BCUT2D eigenvalue weighted by molar-refractivity contribution is 5.88. The van der Waals surface area contributed by atoms with Gasteiger partial charge in [0, 0.05) is 54.9 Å². The lowest BCUT2D eigenvalue weighted by Crippen LogP contribution is -2.47. The fourth-order valence-electron chi connectivity index (χ4n) is 3.74. The lowest BCUT2D eigenvalue weighted by molar-refractivity contribution is 0.638. The van der Waals surface area contributed by atoms with Gasteiger partial charge in [-0.2, -0.15) is 0 Å². The molecule has 0 bridgehead atoms. The maximum Gasteiger partial charge on any atom is 0.140 e. The lowest BCUT2D eigenvalue weighted by Gasteiger charge is -2.37. The molecule has 0 radical (unpaired) electrons. The van der Waals surface area contributed by atoms with E-state index in [0.29, 0.717) is 5.92 Å². The molecule has 138 valence electrons. The number of hydrogen-bond acceptors (Lipinski definition) is 7. The third-order valence-corrected chi connectivity index (χ3v) is 5.62. The number of aryl methyl sites for hydroxylation is 1. The average Bonchev–Trinajstić information content (AvgIpc) is 3.55. The number of anilines is 2. The first-order chi connectivity index (χ1) is 13.2. The van der Waals surface area contributed by atoms with E-state index in [0.717, 1.165) is 60.2 Å². The first kappa shape index (κ1) is 16.4. The van der Waals surface area contributed by atoms with E-state index in [1.54, 1.807) is 18.7 Å². The van der Waals surface area contributed by atoms with Gasteiger partial charge in [-0.05, 0) is 32.8 Å². The van der Waals surface area contributed by atoms with Crippen molar-refractivity contribution in [3.8, 4) is 0 Å². The van der Waals surface area contributed by atoms with Gasteiger partial charge in [-0.3, -0.25) is 4.98 Å². The van der Waals surface area contributed by atoms with Gasteiger partial charge in [-0.15, -0.1) is 0 Å². The molecule has 0 amide bonds. The Balaban J connectivity index is 1.39. The molecule has 1 saturated heterocycles. The van der Waals surface area contributed by atoms with Crippen LogP contribution in [0.4, 0.5) is 11.6 Å². The van der Waals surface area contributed by atoms with Crippen molar-refractivity contribution in [2.45, 2.75) is 32.6 Å². The minimum Gasteiger partial charge on any atom is -0.353 e. The van der Waals surface area contributed by atoms with Crippen LogP contribution < -0.4 is 9.80 Å². The van der Waals surface area contributed by atoms with Crippen LogP contribution in [0.5, 0.6) is 0 Å². The summed E-state index contributed by atoms with van der Waals surface area (Å²) < 4.78 is 0. The highest BCUT2D eigenvalue weighted by atomic mass is 15.3. The molecule has 0 atom stereocenters. The second-order valence-corrected chi connectivity index (χ2v) is 7.45. The molecule has 2 aliphatic rings. The molecule has 1 aliphatic heterocycles. The molecular weight excluding hydrogens is 338 g/mol. The van der Waals surface area contributed by atoms with Crippen LogP contribution in [0, 0.1) is 13.8 Å². The normalized spacial score (nSPS) is 17.6. The average molecular weight is 361 g/mol. The highest BCUT2D eigenvalue weighted by Gasteiger charge is 2.29. The SMILES string of the molecule is Cc1nc(C2CC2)nc(N2CCN(c3ncnc4cnccc34)CC2)c1C. The number of rotatable bonds is 3. The Hall–Kier alpha value is -2.83. The first-order valence-corrected chi connectivity index (χ1v) is 9.60. The van der Waals surface area contributed by atoms with Gasteiger partial charge in [0.2, 0.25) is 0 Å². The van der Waals surface area contributed by atoms with Gasteiger partial charge in [0.05, 0.1) is 11.7 Å². The summed E-state index contributed by atoms with van der Waals surface area (Å²) in [6, 6.07) is 2.00. The molecule has 27 heavy (non-hydrogen) atoms. The van der Waals surface area contributed by atoms with E-state index >= 15 is 0 Å². The summed E-state index contributed by atoms with van der Waals surface area (Å²) in [6.07, 6.45) is 7.68. The second kappa shape index (κ2) is 6.40. The Morgan fingerprint density at radius 1 is 0.926 bits per heavy atom. The number of aromatic nitrogens is 5. The maximum absolute atomic E-state index is 4.93. The van der Waals surface area contributed by atoms with Gasteiger partial charge >= 0.3 is 0 Å². The van der Waals surface area contributed by atoms with Gasteiger partial charge in [0.15, 0.2) is 0 Å².